The third kappa shape index (κ3) is 4.81. The number of benzene rings is 1. The highest BCUT2D eigenvalue weighted by Gasteiger charge is 2.49. The molecule has 4 rings (SSSR count). The Balaban J connectivity index is 1.74. The van der Waals surface area contributed by atoms with Gasteiger partial charge >= 0.3 is 6.18 Å². The van der Waals surface area contributed by atoms with Gasteiger partial charge in [0.05, 0.1) is 34.0 Å². The van der Waals surface area contributed by atoms with Crippen molar-refractivity contribution >= 4 is 28.2 Å². The quantitative estimate of drug-likeness (QED) is 0.512. The molecule has 1 aromatic carbocycles. The Kier molecular flexibility index (Phi) is 6.48. The Labute approximate surface area is 204 Å². The molecule has 1 aromatic heterocycles. The first-order valence-electron chi connectivity index (χ1n) is 11.2. The monoisotopic (exact) mass is 514 g/mol. The lowest BCUT2D eigenvalue weighted by molar-refractivity contribution is -0.138. The highest BCUT2D eigenvalue weighted by atomic mass is 32.1. The van der Waals surface area contributed by atoms with Crippen molar-refractivity contribution in [2.24, 2.45) is 0 Å². The molecule has 0 unspecified atom stereocenters. The van der Waals surface area contributed by atoms with Crippen molar-refractivity contribution in [1.29, 1.82) is 0 Å². The predicted octanol–water partition coefficient (Wildman–Crippen LogP) is 5.57. The van der Waals surface area contributed by atoms with E-state index in [1.165, 1.54) is 0 Å². The van der Waals surface area contributed by atoms with E-state index < -0.39 is 46.1 Å². The molecule has 1 saturated heterocycles. The fourth-order valence-electron chi connectivity index (χ4n) is 4.73. The van der Waals surface area contributed by atoms with Crippen LogP contribution >= 0.6 is 11.3 Å². The first-order chi connectivity index (χ1) is 16.2. The maximum absolute atomic E-state index is 14.4. The Morgan fingerprint density at radius 1 is 1.11 bits per heavy atom. The van der Waals surface area contributed by atoms with Gasteiger partial charge in [-0.15, -0.1) is 11.3 Å². The summed E-state index contributed by atoms with van der Waals surface area (Å²) in [5.41, 5.74) is -3.62. The average molecular weight is 515 g/mol. The fourth-order valence-corrected chi connectivity index (χ4v) is 6.11. The Morgan fingerprint density at radius 3 is 2.46 bits per heavy atom. The van der Waals surface area contributed by atoms with E-state index in [0.717, 1.165) is 36.3 Å². The maximum Gasteiger partial charge on any atom is 0.417 e. The van der Waals surface area contributed by atoms with Crippen molar-refractivity contribution < 1.29 is 36.6 Å². The number of carbonyl (C=O) groups is 2. The zero-order chi connectivity index (χ0) is 25.8. The van der Waals surface area contributed by atoms with E-state index in [0.29, 0.717) is 23.1 Å². The summed E-state index contributed by atoms with van der Waals surface area (Å²) >= 11 is 1.03. The van der Waals surface area contributed by atoms with E-state index in [4.69, 9.17) is 9.47 Å². The van der Waals surface area contributed by atoms with Crippen LogP contribution in [0, 0.1) is 5.82 Å². The first kappa shape index (κ1) is 25.6. The molecule has 0 saturated carbocycles. The highest BCUT2D eigenvalue weighted by Crippen LogP contribution is 2.54. The van der Waals surface area contributed by atoms with Crippen LogP contribution in [0.3, 0.4) is 0 Å². The number of alkyl halides is 3. The van der Waals surface area contributed by atoms with Gasteiger partial charge in [-0.1, -0.05) is 6.07 Å². The number of thiophene rings is 1. The van der Waals surface area contributed by atoms with Gasteiger partial charge in [0.15, 0.2) is 0 Å². The molecule has 6 nitrogen and oxygen atoms in total. The van der Waals surface area contributed by atoms with Crippen molar-refractivity contribution in [3.63, 3.8) is 0 Å². The summed E-state index contributed by atoms with van der Waals surface area (Å²) in [5, 5.41) is 5.22. The molecule has 2 aliphatic rings. The summed E-state index contributed by atoms with van der Waals surface area (Å²) < 4.78 is 66.5. The molecule has 35 heavy (non-hydrogen) atoms. The molecule has 1 fully saturated rings. The third-order valence-corrected chi connectivity index (χ3v) is 7.49. The zero-order valence-electron chi connectivity index (χ0n) is 19.7. The second-order valence-electron chi connectivity index (χ2n) is 9.59. The molecule has 3 heterocycles. The summed E-state index contributed by atoms with van der Waals surface area (Å²) in [6.45, 7) is 8.00. The minimum atomic E-state index is -4.94. The van der Waals surface area contributed by atoms with Crippen molar-refractivity contribution in [2.45, 2.75) is 64.0 Å². The van der Waals surface area contributed by atoms with Gasteiger partial charge in [-0.25, -0.2) is 4.39 Å². The topological polar surface area (TPSA) is 76.7 Å². The van der Waals surface area contributed by atoms with Gasteiger partial charge in [-0.2, -0.15) is 13.2 Å². The van der Waals surface area contributed by atoms with Crippen molar-refractivity contribution in [3.8, 4) is 0 Å². The number of hydrogen-bond acceptors (Lipinski definition) is 5. The Morgan fingerprint density at radius 2 is 1.83 bits per heavy atom. The molecule has 1 atom stereocenters. The van der Waals surface area contributed by atoms with E-state index >= 15 is 0 Å². The molecule has 2 aliphatic heterocycles. The van der Waals surface area contributed by atoms with E-state index in [-0.39, 0.29) is 23.2 Å². The molecule has 0 radical (unpaired) electrons. The van der Waals surface area contributed by atoms with E-state index in [9.17, 15) is 27.2 Å². The number of amides is 2. The van der Waals surface area contributed by atoms with Crippen LogP contribution in [0.1, 0.15) is 77.3 Å². The number of nitrogens with one attached hydrogen (secondary N) is 2. The van der Waals surface area contributed by atoms with E-state index in [2.05, 4.69) is 10.6 Å². The Hall–Kier alpha value is -2.50. The summed E-state index contributed by atoms with van der Waals surface area (Å²) in [6, 6.07) is 2.32. The zero-order valence-corrected chi connectivity index (χ0v) is 20.5. The smallest absolute Gasteiger partial charge is 0.376 e. The highest BCUT2D eigenvalue weighted by molar-refractivity contribution is 7.17. The molecule has 190 valence electrons. The third-order valence-electron chi connectivity index (χ3n) is 6.08. The van der Waals surface area contributed by atoms with Gasteiger partial charge in [0, 0.05) is 23.6 Å². The van der Waals surface area contributed by atoms with Crippen molar-refractivity contribution in [1.82, 2.24) is 5.32 Å². The molecular weight excluding hydrogens is 488 g/mol. The summed E-state index contributed by atoms with van der Waals surface area (Å²) in [7, 11) is 0. The van der Waals surface area contributed by atoms with Crippen LogP contribution in [-0.2, 0) is 26.9 Å². The number of hydrogen-bond donors (Lipinski definition) is 2. The molecule has 2 N–H and O–H groups in total. The number of anilines is 1. The van der Waals surface area contributed by atoms with Gasteiger partial charge in [-0.3, -0.25) is 9.59 Å². The summed E-state index contributed by atoms with van der Waals surface area (Å²) in [6.07, 6.45) is -3.40. The van der Waals surface area contributed by atoms with E-state index in [1.807, 2.05) is 0 Å². The normalized spacial score (nSPS) is 20.5. The van der Waals surface area contributed by atoms with E-state index in [1.54, 1.807) is 27.7 Å². The summed E-state index contributed by atoms with van der Waals surface area (Å²) in [5.74, 6) is -3.12. The summed E-state index contributed by atoms with van der Waals surface area (Å²) in [4.78, 5) is 27.0. The van der Waals surface area contributed by atoms with Crippen molar-refractivity contribution in [3.05, 3.63) is 51.1 Å². The van der Waals surface area contributed by atoms with Gasteiger partial charge in [0.2, 0.25) is 0 Å². The molecule has 0 bridgehead atoms. The maximum atomic E-state index is 14.4. The lowest BCUT2D eigenvalue weighted by atomic mass is 9.93. The van der Waals surface area contributed by atoms with Crippen LogP contribution in [0.4, 0.5) is 22.6 Å². The lowest BCUT2D eigenvalue weighted by Crippen LogP contribution is -2.34. The van der Waals surface area contributed by atoms with Crippen LogP contribution in [0.15, 0.2) is 18.2 Å². The molecular formula is C24H26F4N2O4S. The molecule has 11 heteroatoms. The molecule has 2 amide bonds. The number of carbonyl (C=O) groups excluding carboxylic acids is 2. The second kappa shape index (κ2) is 8.86. The number of rotatable bonds is 5. The SMILES string of the molecule is CC1(C)OC(C)(C)c2c1sc(NC(=O)c1c(F)cccc1C(F)(F)F)c2C(=O)NC[C@@H]1CCCO1. The molecule has 2 aromatic rings. The largest absolute Gasteiger partial charge is 0.417 e. The number of fused-ring (bicyclic) bond motifs is 1. The minimum Gasteiger partial charge on any atom is -0.376 e. The average Bonchev–Trinajstić information content (AvgIpc) is 3.42. The minimum absolute atomic E-state index is 0.0330. The van der Waals surface area contributed by atoms with Gasteiger partial charge < -0.3 is 20.1 Å². The van der Waals surface area contributed by atoms with Gasteiger partial charge in [0.25, 0.3) is 11.8 Å². The Bertz CT molecular complexity index is 1170. The predicted molar refractivity (Wildman–Crippen MR) is 122 cm³/mol. The van der Waals surface area contributed by atoms with Crippen LogP contribution in [0.5, 0.6) is 0 Å². The van der Waals surface area contributed by atoms with Crippen LogP contribution in [0.2, 0.25) is 0 Å². The standard InChI is InChI=1S/C24H26F4N2O4S/c1-22(2)17-16(19(31)29-11-12-7-6-10-33-12)21(35-18(17)23(3,4)34-22)30-20(32)15-13(24(26,27)28)8-5-9-14(15)25/h5,8-9,12H,6-7,10-11H2,1-4H3,(H,29,31)(H,30,32)/t12-/m0/s1. The second-order valence-corrected chi connectivity index (χ2v) is 10.6. The fraction of sp³-hybridized carbons (Fsp3) is 0.500. The van der Waals surface area contributed by atoms with Gasteiger partial charge in [-0.05, 0) is 52.7 Å². The number of ether oxygens (including phenoxy) is 2. The number of halogens is 4. The van der Waals surface area contributed by atoms with Crippen LogP contribution in [-0.4, -0.2) is 31.1 Å². The van der Waals surface area contributed by atoms with Gasteiger partial charge in [0.1, 0.15) is 10.8 Å². The molecule has 0 aliphatic carbocycles. The lowest BCUT2D eigenvalue weighted by Gasteiger charge is -2.26. The van der Waals surface area contributed by atoms with Crippen molar-refractivity contribution in [2.75, 3.05) is 18.5 Å². The van der Waals surface area contributed by atoms with Crippen LogP contribution in [0.25, 0.3) is 0 Å². The molecule has 0 spiro atoms. The van der Waals surface area contributed by atoms with Crippen LogP contribution < -0.4 is 10.6 Å². The first-order valence-corrected chi connectivity index (χ1v) is 12.0.